The van der Waals surface area contributed by atoms with E-state index < -0.39 is 10.8 Å². The van der Waals surface area contributed by atoms with Crippen molar-refractivity contribution in [1.82, 2.24) is 0 Å². The Morgan fingerprint density at radius 2 is 2.00 bits per heavy atom. The van der Waals surface area contributed by atoms with Crippen LogP contribution in [0.15, 0.2) is 36.4 Å². The first-order chi connectivity index (χ1) is 10.9. The number of nitrogens with one attached hydrogen (secondary N) is 1. The van der Waals surface area contributed by atoms with Gasteiger partial charge in [0.2, 0.25) is 0 Å². The number of nitrogens with zero attached hydrogens (tertiary/aromatic N) is 1. The lowest BCUT2D eigenvalue weighted by Gasteiger charge is -2.09. The number of rotatable bonds is 5. The van der Waals surface area contributed by atoms with Gasteiger partial charge in [-0.25, -0.2) is 0 Å². The number of anilines is 1. The molecule has 0 aliphatic carbocycles. The SMILES string of the molecule is Cc1ccc(OCC(=O)Nc2ccc(C)c(Cl)c2)c([N+](=O)[O-])c1. The fourth-order valence-corrected chi connectivity index (χ4v) is 2.08. The topological polar surface area (TPSA) is 81.5 Å². The molecule has 0 aliphatic rings. The fraction of sp³-hybridized carbons (Fsp3) is 0.188. The number of amides is 1. The van der Waals surface area contributed by atoms with Gasteiger partial charge in [0.15, 0.2) is 12.4 Å². The molecule has 0 saturated carbocycles. The van der Waals surface area contributed by atoms with Crippen LogP contribution in [0.25, 0.3) is 0 Å². The minimum Gasteiger partial charge on any atom is -0.477 e. The summed E-state index contributed by atoms with van der Waals surface area (Å²) in [5.74, 6) is -0.377. The summed E-state index contributed by atoms with van der Waals surface area (Å²) < 4.78 is 5.25. The second-order valence-corrected chi connectivity index (χ2v) is 5.44. The third-order valence-corrected chi connectivity index (χ3v) is 3.53. The molecular weight excluding hydrogens is 320 g/mol. The van der Waals surface area contributed by atoms with E-state index in [1.54, 1.807) is 31.2 Å². The largest absolute Gasteiger partial charge is 0.477 e. The van der Waals surface area contributed by atoms with E-state index in [4.69, 9.17) is 16.3 Å². The molecule has 0 saturated heterocycles. The van der Waals surface area contributed by atoms with Crippen molar-refractivity contribution in [3.63, 3.8) is 0 Å². The van der Waals surface area contributed by atoms with Gasteiger partial charge in [-0.2, -0.15) is 0 Å². The molecule has 7 heteroatoms. The molecular formula is C16H15ClN2O4. The highest BCUT2D eigenvalue weighted by Gasteiger charge is 2.16. The van der Waals surface area contributed by atoms with Crippen LogP contribution in [0.2, 0.25) is 5.02 Å². The van der Waals surface area contributed by atoms with Crippen LogP contribution in [0.5, 0.6) is 5.75 Å². The van der Waals surface area contributed by atoms with Crippen molar-refractivity contribution >= 4 is 28.9 Å². The molecule has 120 valence electrons. The Hall–Kier alpha value is -2.60. The molecule has 0 unspecified atom stereocenters. The van der Waals surface area contributed by atoms with Gasteiger partial charge >= 0.3 is 5.69 Å². The summed E-state index contributed by atoms with van der Waals surface area (Å²) in [6.45, 7) is 3.26. The molecule has 2 rings (SSSR count). The van der Waals surface area contributed by atoms with Crippen molar-refractivity contribution in [3.8, 4) is 5.75 Å². The normalized spacial score (nSPS) is 10.2. The van der Waals surface area contributed by atoms with Gasteiger partial charge in [0.25, 0.3) is 5.91 Å². The Kier molecular flexibility index (Phi) is 5.18. The maximum atomic E-state index is 11.9. The Morgan fingerprint density at radius 1 is 1.26 bits per heavy atom. The third-order valence-electron chi connectivity index (χ3n) is 3.13. The van der Waals surface area contributed by atoms with E-state index in [9.17, 15) is 14.9 Å². The highest BCUT2D eigenvalue weighted by Crippen LogP contribution is 2.27. The van der Waals surface area contributed by atoms with Gasteiger partial charge in [0, 0.05) is 16.8 Å². The van der Waals surface area contributed by atoms with E-state index in [0.29, 0.717) is 10.7 Å². The molecule has 6 nitrogen and oxygen atoms in total. The second kappa shape index (κ2) is 7.11. The van der Waals surface area contributed by atoms with Crippen molar-refractivity contribution in [2.24, 2.45) is 0 Å². The van der Waals surface area contributed by atoms with Crippen molar-refractivity contribution in [2.75, 3.05) is 11.9 Å². The highest BCUT2D eigenvalue weighted by molar-refractivity contribution is 6.31. The van der Waals surface area contributed by atoms with E-state index in [1.807, 2.05) is 6.92 Å². The molecule has 0 spiro atoms. The lowest BCUT2D eigenvalue weighted by molar-refractivity contribution is -0.385. The fourth-order valence-electron chi connectivity index (χ4n) is 1.90. The number of carbonyl (C=O) groups excluding carboxylic acids is 1. The van der Waals surface area contributed by atoms with Crippen LogP contribution >= 0.6 is 11.6 Å². The van der Waals surface area contributed by atoms with Crippen LogP contribution < -0.4 is 10.1 Å². The molecule has 0 heterocycles. The molecule has 2 aromatic rings. The lowest BCUT2D eigenvalue weighted by Crippen LogP contribution is -2.20. The summed E-state index contributed by atoms with van der Waals surface area (Å²) in [7, 11) is 0. The van der Waals surface area contributed by atoms with Crippen molar-refractivity contribution in [3.05, 3.63) is 62.7 Å². The summed E-state index contributed by atoms with van der Waals surface area (Å²) in [5.41, 5.74) is 2.00. The third kappa shape index (κ3) is 4.43. The number of benzene rings is 2. The van der Waals surface area contributed by atoms with E-state index in [2.05, 4.69) is 5.32 Å². The Bertz CT molecular complexity index is 762. The molecule has 0 atom stereocenters. The Morgan fingerprint density at radius 3 is 2.65 bits per heavy atom. The average molecular weight is 335 g/mol. The van der Waals surface area contributed by atoms with Crippen molar-refractivity contribution in [2.45, 2.75) is 13.8 Å². The monoisotopic (exact) mass is 334 g/mol. The predicted octanol–water partition coefficient (Wildman–Crippen LogP) is 3.88. The smallest absolute Gasteiger partial charge is 0.311 e. The van der Waals surface area contributed by atoms with Crippen molar-refractivity contribution < 1.29 is 14.5 Å². The minimum atomic E-state index is -0.542. The second-order valence-electron chi connectivity index (χ2n) is 5.03. The van der Waals surface area contributed by atoms with E-state index >= 15 is 0 Å². The van der Waals surface area contributed by atoms with E-state index in [-0.39, 0.29) is 18.0 Å². The Labute approximate surface area is 138 Å². The van der Waals surface area contributed by atoms with Crippen molar-refractivity contribution in [1.29, 1.82) is 0 Å². The zero-order chi connectivity index (χ0) is 17.0. The van der Waals surface area contributed by atoms with Crippen LogP contribution in [0, 0.1) is 24.0 Å². The van der Waals surface area contributed by atoms with Gasteiger partial charge in [0.05, 0.1) is 4.92 Å². The van der Waals surface area contributed by atoms with Crippen LogP contribution in [0.3, 0.4) is 0 Å². The minimum absolute atomic E-state index is 0.0534. The van der Waals surface area contributed by atoms with Gasteiger partial charge in [-0.3, -0.25) is 14.9 Å². The summed E-state index contributed by atoms with van der Waals surface area (Å²) in [5, 5.41) is 14.2. The number of carbonyl (C=O) groups is 1. The number of ether oxygens (including phenoxy) is 1. The van der Waals surface area contributed by atoms with E-state index in [1.165, 1.54) is 12.1 Å². The molecule has 0 radical (unpaired) electrons. The number of aryl methyl sites for hydroxylation is 2. The number of nitro benzene ring substituents is 1. The number of hydrogen-bond donors (Lipinski definition) is 1. The molecule has 23 heavy (non-hydrogen) atoms. The summed E-state index contributed by atoms with van der Waals surface area (Å²) in [6, 6.07) is 9.68. The first-order valence-corrected chi connectivity index (χ1v) is 7.18. The number of halogens is 1. The maximum absolute atomic E-state index is 11.9. The van der Waals surface area contributed by atoms with Crippen LogP contribution in [0.1, 0.15) is 11.1 Å². The van der Waals surface area contributed by atoms with Crippen LogP contribution in [-0.2, 0) is 4.79 Å². The number of nitro groups is 1. The predicted molar refractivity (Wildman–Crippen MR) is 88.1 cm³/mol. The van der Waals surface area contributed by atoms with Gasteiger partial charge in [-0.05, 0) is 43.2 Å². The maximum Gasteiger partial charge on any atom is 0.311 e. The molecule has 0 aliphatic heterocycles. The first-order valence-electron chi connectivity index (χ1n) is 6.80. The van der Waals surface area contributed by atoms with Crippen LogP contribution in [0.4, 0.5) is 11.4 Å². The Balaban J connectivity index is 2.02. The molecule has 0 fully saturated rings. The van der Waals surface area contributed by atoms with Gasteiger partial charge in [0.1, 0.15) is 0 Å². The molecule has 0 aromatic heterocycles. The highest BCUT2D eigenvalue weighted by atomic mass is 35.5. The van der Waals surface area contributed by atoms with E-state index in [0.717, 1.165) is 11.1 Å². The van der Waals surface area contributed by atoms with Gasteiger partial charge in [-0.1, -0.05) is 23.7 Å². The van der Waals surface area contributed by atoms with Gasteiger partial charge in [-0.15, -0.1) is 0 Å². The van der Waals surface area contributed by atoms with Gasteiger partial charge < -0.3 is 10.1 Å². The summed E-state index contributed by atoms with van der Waals surface area (Å²) in [4.78, 5) is 22.3. The summed E-state index contributed by atoms with van der Waals surface area (Å²) >= 11 is 5.98. The van der Waals surface area contributed by atoms with Crippen LogP contribution in [-0.4, -0.2) is 17.4 Å². The molecule has 0 bridgehead atoms. The molecule has 1 N–H and O–H groups in total. The molecule has 2 aromatic carbocycles. The number of hydrogen-bond acceptors (Lipinski definition) is 4. The zero-order valence-corrected chi connectivity index (χ0v) is 13.4. The zero-order valence-electron chi connectivity index (χ0n) is 12.6. The lowest BCUT2D eigenvalue weighted by atomic mass is 10.2. The molecule has 1 amide bonds. The average Bonchev–Trinajstić information content (AvgIpc) is 2.49. The standard InChI is InChI=1S/C16H15ClN2O4/c1-10-3-6-15(14(7-10)19(21)22)23-9-16(20)18-12-5-4-11(2)13(17)8-12/h3-8H,9H2,1-2H3,(H,18,20). The first kappa shape index (κ1) is 16.8. The summed E-state index contributed by atoms with van der Waals surface area (Å²) in [6.07, 6.45) is 0. The quantitative estimate of drug-likeness (QED) is 0.664.